The quantitative estimate of drug-likeness (QED) is 0.766. The van der Waals surface area contributed by atoms with Gasteiger partial charge in [-0.2, -0.15) is 15.0 Å². The summed E-state index contributed by atoms with van der Waals surface area (Å²) < 4.78 is 1.37. The third-order valence-electron chi connectivity index (χ3n) is 3.65. The average Bonchev–Trinajstić information content (AvgIpc) is 2.89. The molecule has 2 heterocycles. The van der Waals surface area contributed by atoms with Crippen LogP contribution in [0.2, 0.25) is 5.02 Å². The summed E-state index contributed by atoms with van der Waals surface area (Å²) in [7, 11) is 0. The number of halogens is 1. The number of amides is 1. The molecule has 0 atom stereocenters. The maximum atomic E-state index is 12.6. The first-order chi connectivity index (χ1) is 12.4. The van der Waals surface area contributed by atoms with Crippen molar-refractivity contribution in [3.8, 4) is 12.0 Å². The smallest absolute Gasteiger partial charge is 0.256 e. The van der Waals surface area contributed by atoms with Crippen LogP contribution in [0, 0.1) is 32.1 Å². The minimum Gasteiger partial charge on any atom is -0.305 e. The molecule has 130 valence electrons. The van der Waals surface area contributed by atoms with Gasteiger partial charge in [-0.15, -0.1) is 0 Å². The molecule has 2 aromatic heterocycles. The van der Waals surface area contributed by atoms with Gasteiger partial charge in [0.25, 0.3) is 11.9 Å². The number of hydrogen-bond donors (Lipinski definition) is 1. The largest absolute Gasteiger partial charge is 0.305 e. The van der Waals surface area contributed by atoms with Crippen LogP contribution in [0.1, 0.15) is 33.0 Å². The molecule has 1 aromatic carbocycles. The van der Waals surface area contributed by atoms with E-state index in [4.69, 9.17) is 11.6 Å². The molecule has 0 spiro atoms. The van der Waals surface area contributed by atoms with E-state index in [0.29, 0.717) is 16.3 Å². The lowest BCUT2D eigenvalue weighted by Crippen LogP contribution is -2.17. The lowest BCUT2D eigenvalue weighted by atomic mass is 10.2. The Morgan fingerprint density at radius 2 is 1.88 bits per heavy atom. The number of anilines is 1. The van der Waals surface area contributed by atoms with E-state index in [-0.39, 0.29) is 17.3 Å². The Balaban J connectivity index is 2.08. The summed E-state index contributed by atoms with van der Waals surface area (Å²) in [6.07, 6.45) is 0. The highest BCUT2D eigenvalue weighted by molar-refractivity contribution is 6.31. The summed E-state index contributed by atoms with van der Waals surface area (Å²) in [4.78, 5) is 21.3. The monoisotopic (exact) mass is 366 g/mol. The molecule has 8 heteroatoms. The summed E-state index contributed by atoms with van der Waals surface area (Å²) in [6.45, 7) is 5.36. The zero-order chi connectivity index (χ0) is 18.8. The van der Waals surface area contributed by atoms with Gasteiger partial charge in [-0.25, -0.2) is 9.97 Å². The van der Waals surface area contributed by atoms with Crippen LogP contribution in [0.15, 0.2) is 30.3 Å². The molecule has 0 fully saturated rings. The van der Waals surface area contributed by atoms with Crippen molar-refractivity contribution in [2.24, 2.45) is 0 Å². The summed E-state index contributed by atoms with van der Waals surface area (Å²) in [5.74, 6) is 0.1000. The maximum Gasteiger partial charge on any atom is 0.256 e. The number of aryl methyl sites for hydroxylation is 3. The van der Waals surface area contributed by atoms with Crippen LogP contribution >= 0.6 is 11.6 Å². The van der Waals surface area contributed by atoms with Crippen molar-refractivity contribution in [1.82, 2.24) is 19.7 Å². The molecule has 1 N–H and O–H groups in total. The number of aromatic nitrogens is 4. The fraction of sp³-hybridized carbons (Fsp3) is 0.167. The predicted octanol–water partition coefficient (Wildman–Crippen LogP) is 3.36. The first kappa shape index (κ1) is 17.6. The summed E-state index contributed by atoms with van der Waals surface area (Å²) in [5.41, 5.74) is 2.60. The van der Waals surface area contributed by atoms with Crippen molar-refractivity contribution in [1.29, 1.82) is 5.26 Å². The van der Waals surface area contributed by atoms with Crippen molar-refractivity contribution in [3.63, 3.8) is 0 Å². The van der Waals surface area contributed by atoms with E-state index >= 15 is 0 Å². The van der Waals surface area contributed by atoms with E-state index in [1.165, 1.54) is 4.68 Å². The zero-order valence-corrected chi connectivity index (χ0v) is 15.2. The number of nitrogens with zero attached hydrogens (tertiary/aromatic N) is 5. The van der Waals surface area contributed by atoms with Gasteiger partial charge in [0.05, 0.1) is 5.69 Å². The molecule has 0 aliphatic heterocycles. The van der Waals surface area contributed by atoms with Gasteiger partial charge in [-0.3, -0.25) is 4.79 Å². The van der Waals surface area contributed by atoms with Gasteiger partial charge in [0.15, 0.2) is 5.82 Å². The van der Waals surface area contributed by atoms with Crippen molar-refractivity contribution < 1.29 is 4.79 Å². The molecular formula is C18H15ClN6O. The van der Waals surface area contributed by atoms with Crippen LogP contribution in [0.25, 0.3) is 5.95 Å². The van der Waals surface area contributed by atoms with Crippen LogP contribution in [0.4, 0.5) is 5.82 Å². The zero-order valence-electron chi connectivity index (χ0n) is 14.4. The van der Waals surface area contributed by atoms with Crippen LogP contribution in [0.3, 0.4) is 0 Å². The van der Waals surface area contributed by atoms with Gasteiger partial charge in [0.2, 0.25) is 0 Å². The summed E-state index contributed by atoms with van der Waals surface area (Å²) in [5, 5.41) is 17.0. The first-order valence-electron chi connectivity index (χ1n) is 7.78. The Labute approximate surface area is 155 Å². The van der Waals surface area contributed by atoms with Gasteiger partial charge >= 0.3 is 0 Å². The number of rotatable bonds is 3. The standard InChI is InChI=1S/C18H15ClN6O/c1-10-7-11(2)22-18(21-10)25-16(15(9-20)12(3)24-25)23-17(26)13-5-4-6-14(19)8-13/h4-8H,1-3H3,(H,23,26). The number of nitriles is 1. The highest BCUT2D eigenvalue weighted by Crippen LogP contribution is 2.23. The first-order valence-corrected chi connectivity index (χ1v) is 8.16. The van der Waals surface area contributed by atoms with Crippen molar-refractivity contribution in [2.75, 3.05) is 5.32 Å². The van der Waals surface area contributed by atoms with Gasteiger partial charge in [-0.05, 0) is 45.0 Å². The molecule has 0 radical (unpaired) electrons. The number of nitrogens with one attached hydrogen (secondary N) is 1. The summed E-state index contributed by atoms with van der Waals surface area (Å²) >= 11 is 5.95. The minimum absolute atomic E-state index is 0.222. The third-order valence-corrected chi connectivity index (χ3v) is 3.89. The molecule has 0 unspecified atom stereocenters. The number of carbonyl (C=O) groups is 1. The van der Waals surface area contributed by atoms with E-state index in [1.807, 2.05) is 19.9 Å². The van der Waals surface area contributed by atoms with Crippen LogP contribution in [-0.2, 0) is 0 Å². The van der Waals surface area contributed by atoms with Gasteiger partial charge in [0, 0.05) is 22.0 Å². The van der Waals surface area contributed by atoms with Crippen molar-refractivity contribution in [2.45, 2.75) is 20.8 Å². The maximum absolute atomic E-state index is 12.6. The lowest BCUT2D eigenvalue weighted by Gasteiger charge is -2.09. The van der Waals surface area contributed by atoms with E-state index in [2.05, 4.69) is 26.5 Å². The van der Waals surface area contributed by atoms with E-state index in [1.54, 1.807) is 31.2 Å². The Bertz CT molecular complexity index is 1030. The van der Waals surface area contributed by atoms with Crippen molar-refractivity contribution >= 4 is 23.3 Å². The normalized spacial score (nSPS) is 10.4. The van der Waals surface area contributed by atoms with Gasteiger partial charge in [0.1, 0.15) is 11.6 Å². The molecule has 7 nitrogen and oxygen atoms in total. The molecule has 0 saturated heterocycles. The molecule has 1 amide bonds. The minimum atomic E-state index is -0.408. The lowest BCUT2D eigenvalue weighted by molar-refractivity contribution is 0.102. The molecule has 3 aromatic rings. The average molecular weight is 367 g/mol. The highest BCUT2D eigenvalue weighted by Gasteiger charge is 2.21. The van der Waals surface area contributed by atoms with Gasteiger partial charge in [-0.1, -0.05) is 17.7 Å². The molecule has 26 heavy (non-hydrogen) atoms. The van der Waals surface area contributed by atoms with E-state index < -0.39 is 5.91 Å². The second kappa shape index (κ2) is 6.94. The third kappa shape index (κ3) is 3.41. The second-order valence-corrected chi connectivity index (χ2v) is 6.18. The second-order valence-electron chi connectivity index (χ2n) is 5.75. The fourth-order valence-corrected chi connectivity index (χ4v) is 2.72. The van der Waals surface area contributed by atoms with Gasteiger partial charge < -0.3 is 5.32 Å². The Hall–Kier alpha value is -3.24. The number of carbonyl (C=O) groups excluding carboxylic acids is 1. The van der Waals surface area contributed by atoms with Crippen LogP contribution < -0.4 is 5.32 Å². The van der Waals surface area contributed by atoms with E-state index in [9.17, 15) is 10.1 Å². The number of hydrogen-bond acceptors (Lipinski definition) is 5. The SMILES string of the molecule is Cc1cc(C)nc(-n2nc(C)c(C#N)c2NC(=O)c2cccc(Cl)c2)n1. The molecule has 3 rings (SSSR count). The van der Waals surface area contributed by atoms with Crippen molar-refractivity contribution in [3.05, 3.63) is 63.6 Å². The topological polar surface area (TPSA) is 96.5 Å². The molecule has 0 bridgehead atoms. The summed E-state index contributed by atoms with van der Waals surface area (Å²) in [6, 6.07) is 10.4. The van der Waals surface area contributed by atoms with E-state index in [0.717, 1.165) is 11.4 Å². The Morgan fingerprint density at radius 3 is 2.50 bits per heavy atom. The highest BCUT2D eigenvalue weighted by atomic mass is 35.5. The molecule has 0 saturated carbocycles. The Kier molecular flexibility index (Phi) is 4.69. The molecule has 0 aliphatic carbocycles. The van der Waals surface area contributed by atoms with Crippen LogP contribution in [0.5, 0.6) is 0 Å². The Morgan fingerprint density at radius 1 is 1.19 bits per heavy atom. The number of benzene rings is 1. The van der Waals surface area contributed by atoms with Crippen LogP contribution in [-0.4, -0.2) is 25.7 Å². The molecule has 0 aliphatic rings. The predicted molar refractivity (Wildman–Crippen MR) is 97.5 cm³/mol. The fourth-order valence-electron chi connectivity index (χ4n) is 2.53. The molecular weight excluding hydrogens is 352 g/mol.